The molecule has 0 radical (unpaired) electrons. The molecule has 0 aliphatic carbocycles. The van der Waals surface area contributed by atoms with Crippen LogP contribution in [0.1, 0.15) is 32.5 Å². The third kappa shape index (κ3) is 3.50. The van der Waals surface area contributed by atoms with Crippen molar-refractivity contribution >= 4 is 40.6 Å². The number of nitrogens with zero attached hydrogens (tertiary/aromatic N) is 1. The number of carbonyl (C=O) groups excluding carboxylic acids is 2. The van der Waals surface area contributed by atoms with Gasteiger partial charge in [-0.25, -0.2) is 0 Å². The minimum Gasteiger partial charge on any atom is -0.347 e. The zero-order valence-corrected chi connectivity index (χ0v) is 16.4. The van der Waals surface area contributed by atoms with Gasteiger partial charge in [-0.2, -0.15) is 0 Å². The zero-order valence-electron chi connectivity index (χ0n) is 14.8. The van der Waals surface area contributed by atoms with E-state index in [2.05, 4.69) is 5.32 Å². The van der Waals surface area contributed by atoms with Crippen molar-refractivity contribution in [2.24, 2.45) is 0 Å². The van der Waals surface area contributed by atoms with Crippen LogP contribution in [-0.4, -0.2) is 18.4 Å². The van der Waals surface area contributed by atoms with Gasteiger partial charge in [-0.15, -0.1) is 11.3 Å². The Morgan fingerprint density at radius 2 is 1.93 bits per heavy atom. The highest BCUT2D eigenvalue weighted by molar-refractivity contribution is 7.99. The average Bonchev–Trinajstić information content (AvgIpc) is 3.17. The quantitative estimate of drug-likeness (QED) is 0.691. The topological polar surface area (TPSA) is 49.4 Å². The fourth-order valence-electron chi connectivity index (χ4n) is 3.06. The first-order chi connectivity index (χ1) is 13.2. The molecule has 3 aromatic rings. The van der Waals surface area contributed by atoms with E-state index in [9.17, 15) is 9.59 Å². The summed E-state index contributed by atoms with van der Waals surface area (Å²) in [5.74, 6) is -0.169. The second-order valence-electron chi connectivity index (χ2n) is 6.09. The Morgan fingerprint density at radius 1 is 1.07 bits per heavy atom. The van der Waals surface area contributed by atoms with Gasteiger partial charge in [0.1, 0.15) is 0 Å². The lowest BCUT2D eigenvalue weighted by Crippen LogP contribution is -2.31. The maximum atomic E-state index is 13.0. The van der Waals surface area contributed by atoms with E-state index in [1.807, 2.05) is 66.9 Å². The Balaban J connectivity index is 1.65. The first-order valence-electron chi connectivity index (χ1n) is 8.70. The molecule has 136 valence electrons. The second-order valence-corrected chi connectivity index (χ2v) is 8.21. The van der Waals surface area contributed by atoms with Gasteiger partial charge in [0.15, 0.2) is 0 Å². The number of hydrogen-bond donors (Lipinski definition) is 1. The van der Waals surface area contributed by atoms with Crippen molar-refractivity contribution in [3.63, 3.8) is 0 Å². The summed E-state index contributed by atoms with van der Waals surface area (Å²) < 4.78 is 0. The molecule has 6 heteroatoms. The van der Waals surface area contributed by atoms with Crippen LogP contribution in [0.15, 0.2) is 69.8 Å². The molecule has 1 N–H and O–H groups in total. The third-order valence-corrected chi connectivity index (χ3v) is 6.43. The van der Waals surface area contributed by atoms with E-state index in [1.54, 1.807) is 28.0 Å². The number of carbonyl (C=O) groups is 2. The van der Waals surface area contributed by atoms with Crippen molar-refractivity contribution in [1.82, 2.24) is 5.32 Å². The molecule has 2 heterocycles. The van der Waals surface area contributed by atoms with Crippen molar-refractivity contribution in [2.75, 3.05) is 11.4 Å². The van der Waals surface area contributed by atoms with Crippen molar-refractivity contribution in [2.45, 2.75) is 23.3 Å². The highest BCUT2D eigenvalue weighted by Crippen LogP contribution is 2.41. The monoisotopic (exact) mass is 394 g/mol. The fourth-order valence-corrected chi connectivity index (χ4v) is 4.76. The number of hydrogen-bond acceptors (Lipinski definition) is 4. The molecule has 0 bridgehead atoms. The molecule has 1 aromatic heterocycles. The lowest BCUT2D eigenvalue weighted by Gasteiger charge is -2.21. The molecule has 0 unspecified atom stereocenters. The Bertz CT molecular complexity index is 999. The standard InChI is InChI=1S/C21H18N2O2S2/c1-2-23-17-12-14(20(24)22-13-15-6-5-11-26-15)9-10-19(17)27-18-8-4-3-7-16(18)21(23)25/h3-12H,2,13H2,1H3,(H,22,24). The van der Waals surface area contributed by atoms with Gasteiger partial charge in [0.2, 0.25) is 0 Å². The molecule has 27 heavy (non-hydrogen) atoms. The first kappa shape index (κ1) is 17.8. The van der Waals surface area contributed by atoms with Crippen LogP contribution in [0.3, 0.4) is 0 Å². The lowest BCUT2D eigenvalue weighted by atomic mass is 10.1. The molecule has 0 saturated carbocycles. The number of nitrogens with one attached hydrogen (secondary N) is 1. The van der Waals surface area contributed by atoms with Crippen molar-refractivity contribution in [1.29, 1.82) is 0 Å². The predicted molar refractivity (Wildman–Crippen MR) is 110 cm³/mol. The van der Waals surface area contributed by atoms with Crippen LogP contribution in [0, 0.1) is 0 Å². The Hall–Kier alpha value is -2.57. The van der Waals surface area contributed by atoms with E-state index in [0.29, 0.717) is 24.2 Å². The van der Waals surface area contributed by atoms with Crippen LogP contribution in [0.2, 0.25) is 0 Å². The van der Waals surface area contributed by atoms with Crippen LogP contribution >= 0.6 is 23.1 Å². The summed E-state index contributed by atoms with van der Waals surface area (Å²) >= 11 is 3.18. The van der Waals surface area contributed by atoms with E-state index in [-0.39, 0.29) is 11.8 Å². The minimum absolute atomic E-state index is 0.0320. The van der Waals surface area contributed by atoms with Crippen LogP contribution < -0.4 is 10.2 Å². The highest BCUT2D eigenvalue weighted by atomic mass is 32.2. The minimum atomic E-state index is -0.138. The van der Waals surface area contributed by atoms with Gasteiger partial charge >= 0.3 is 0 Å². The summed E-state index contributed by atoms with van der Waals surface area (Å²) in [6, 6.07) is 17.2. The Morgan fingerprint density at radius 3 is 2.70 bits per heavy atom. The third-order valence-electron chi connectivity index (χ3n) is 4.41. The van der Waals surface area contributed by atoms with Gasteiger partial charge in [0, 0.05) is 26.8 Å². The summed E-state index contributed by atoms with van der Waals surface area (Å²) in [5, 5.41) is 4.94. The number of fused-ring (bicyclic) bond motifs is 2. The van der Waals surface area contributed by atoms with Gasteiger partial charge in [-0.05, 0) is 48.7 Å². The summed E-state index contributed by atoms with van der Waals surface area (Å²) in [6.45, 7) is 3.00. The molecular formula is C21H18N2O2S2. The largest absolute Gasteiger partial charge is 0.347 e. The Kier molecular flexibility index (Phi) is 5.01. The molecule has 1 aliphatic rings. The number of benzene rings is 2. The molecule has 4 nitrogen and oxygen atoms in total. The average molecular weight is 395 g/mol. The van der Waals surface area contributed by atoms with E-state index in [1.165, 1.54) is 0 Å². The lowest BCUT2D eigenvalue weighted by molar-refractivity contribution is 0.0948. The summed E-state index contributed by atoms with van der Waals surface area (Å²) in [4.78, 5) is 30.4. The van der Waals surface area contributed by atoms with Crippen LogP contribution in [0.5, 0.6) is 0 Å². The van der Waals surface area contributed by atoms with E-state index < -0.39 is 0 Å². The second kappa shape index (κ2) is 7.58. The number of amides is 2. The zero-order chi connectivity index (χ0) is 18.8. The fraction of sp³-hybridized carbons (Fsp3) is 0.143. The molecule has 0 saturated heterocycles. The van der Waals surface area contributed by atoms with Gasteiger partial charge in [-0.3, -0.25) is 9.59 Å². The summed E-state index contributed by atoms with van der Waals surface area (Å²) in [5.41, 5.74) is 2.04. The maximum Gasteiger partial charge on any atom is 0.259 e. The first-order valence-corrected chi connectivity index (χ1v) is 10.4. The van der Waals surface area contributed by atoms with Crippen molar-refractivity contribution in [3.8, 4) is 0 Å². The SMILES string of the molecule is CCN1C(=O)c2ccccc2Sc2ccc(C(=O)NCc3cccs3)cc21. The van der Waals surface area contributed by atoms with E-state index >= 15 is 0 Å². The van der Waals surface area contributed by atoms with Gasteiger partial charge < -0.3 is 10.2 Å². The van der Waals surface area contributed by atoms with E-state index in [0.717, 1.165) is 20.4 Å². The molecule has 2 amide bonds. The molecule has 1 aliphatic heterocycles. The van der Waals surface area contributed by atoms with Crippen LogP contribution in [-0.2, 0) is 6.54 Å². The predicted octanol–water partition coefficient (Wildman–Crippen LogP) is 4.81. The normalized spacial score (nSPS) is 12.9. The highest BCUT2D eigenvalue weighted by Gasteiger charge is 2.26. The van der Waals surface area contributed by atoms with Crippen LogP contribution in [0.4, 0.5) is 5.69 Å². The van der Waals surface area contributed by atoms with Gasteiger partial charge in [-0.1, -0.05) is 30.0 Å². The molecular weight excluding hydrogens is 376 g/mol. The smallest absolute Gasteiger partial charge is 0.259 e. The molecule has 0 atom stereocenters. The summed E-state index contributed by atoms with van der Waals surface area (Å²) in [7, 11) is 0. The number of anilines is 1. The molecule has 0 fully saturated rings. The summed E-state index contributed by atoms with van der Waals surface area (Å²) in [6.07, 6.45) is 0. The van der Waals surface area contributed by atoms with Crippen molar-refractivity contribution < 1.29 is 9.59 Å². The molecule has 4 rings (SSSR count). The molecule has 2 aromatic carbocycles. The van der Waals surface area contributed by atoms with Gasteiger partial charge in [0.05, 0.1) is 17.8 Å². The number of rotatable bonds is 4. The van der Waals surface area contributed by atoms with E-state index in [4.69, 9.17) is 0 Å². The van der Waals surface area contributed by atoms with Gasteiger partial charge in [0.25, 0.3) is 11.8 Å². The molecule has 0 spiro atoms. The maximum absolute atomic E-state index is 13.0. The van der Waals surface area contributed by atoms with Crippen molar-refractivity contribution in [3.05, 3.63) is 76.0 Å². The van der Waals surface area contributed by atoms with Crippen LogP contribution in [0.25, 0.3) is 0 Å². The number of thiophene rings is 1. The Labute approximate surface area is 166 Å².